The molecule has 7 heteroatoms. The fraction of sp³-hybridized carbons (Fsp3) is 0.0556. The second-order valence-corrected chi connectivity index (χ2v) is 5.21. The average Bonchev–Trinajstić information content (AvgIpc) is 2.64. The summed E-state index contributed by atoms with van der Waals surface area (Å²) in [6.45, 7) is 0.563. The second kappa shape index (κ2) is 7.96. The Labute approximate surface area is 147 Å². The van der Waals surface area contributed by atoms with E-state index in [0.717, 1.165) is 17.1 Å². The Morgan fingerprint density at radius 1 is 1.04 bits per heavy atom. The molecule has 0 fully saturated rings. The highest BCUT2D eigenvalue weighted by molar-refractivity contribution is 6.12. The first-order valence-electron chi connectivity index (χ1n) is 7.65. The van der Waals surface area contributed by atoms with Gasteiger partial charge in [0, 0.05) is 12.8 Å². The minimum Gasteiger partial charge on any atom is -0.457 e. The molecule has 0 saturated heterocycles. The normalized spacial score (nSPS) is 10.7. The van der Waals surface area contributed by atoms with Crippen molar-refractivity contribution in [1.82, 2.24) is 9.97 Å². The van der Waals surface area contributed by atoms with Crippen molar-refractivity contribution in [3.05, 3.63) is 72.1 Å². The molecule has 3 aromatic rings. The summed E-state index contributed by atoms with van der Waals surface area (Å²) < 4.78 is 5.77. The Kier molecular flexibility index (Phi) is 5.26. The molecule has 0 aliphatic carbocycles. The number of nitrogens with zero attached hydrogens (tertiary/aromatic N) is 3. The van der Waals surface area contributed by atoms with E-state index in [1.807, 2.05) is 54.6 Å². The number of nitrogens with one attached hydrogen (secondary N) is 1. The first-order chi connectivity index (χ1) is 12.3. The van der Waals surface area contributed by atoms with Crippen LogP contribution in [0.3, 0.4) is 0 Å². The molecule has 0 aliphatic rings. The van der Waals surface area contributed by atoms with Gasteiger partial charge < -0.3 is 20.7 Å². The van der Waals surface area contributed by atoms with Crippen molar-refractivity contribution in [1.29, 1.82) is 0 Å². The van der Waals surface area contributed by atoms with Gasteiger partial charge >= 0.3 is 0 Å². The number of ether oxygens (including phenoxy) is 1. The smallest absolute Gasteiger partial charge is 0.259 e. The summed E-state index contributed by atoms with van der Waals surface area (Å²) in [5.74, 6) is 2.47. The van der Waals surface area contributed by atoms with Gasteiger partial charge in [-0.1, -0.05) is 30.3 Å². The van der Waals surface area contributed by atoms with E-state index in [2.05, 4.69) is 20.2 Å². The van der Waals surface area contributed by atoms with Crippen LogP contribution in [-0.4, -0.2) is 24.2 Å². The van der Waals surface area contributed by atoms with Gasteiger partial charge in [0.1, 0.15) is 29.5 Å². The van der Waals surface area contributed by atoms with Crippen molar-refractivity contribution in [3.63, 3.8) is 0 Å². The summed E-state index contributed by atoms with van der Waals surface area (Å²) in [5.41, 5.74) is 7.44. The monoisotopic (exact) mass is 329 g/mol. The number of rotatable bonds is 6. The molecule has 0 spiro atoms. The van der Waals surface area contributed by atoms with Crippen molar-refractivity contribution in [2.75, 3.05) is 11.1 Å². The highest BCUT2D eigenvalue weighted by Crippen LogP contribution is 2.22. The summed E-state index contributed by atoms with van der Waals surface area (Å²) in [5, 5.41) is 3.21. The van der Waals surface area contributed by atoms with Gasteiger partial charge in [0.2, 0.25) is 0 Å². The molecule has 122 valence electrons. The molecule has 1 aromatic heterocycles. The average molecular weight is 329 g/mol. The molecule has 0 atom stereocenters. The molecular formula is C18H16BN5O. The third-order valence-corrected chi connectivity index (χ3v) is 3.48. The van der Waals surface area contributed by atoms with Gasteiger partial charge in [-0.3, -0.25) is 0 Å². The first-order valence-corrected chi connectivity index (χ1v) is 7.65. The topological polar surface area (TPSA) is 85.4 Å². The van der Waals surface area contributed by atoms with Crippen LogP contribution in [0.1, 0.15) is 11.1 Å². The fourth-order valence-corrected chi connectivity index (χ4v) is 2.24. The van der Waals surface area contributed by atoms with Crippen molar-refractivity contribution in [2.45, 2.75) is 6.54 Å². The Hall–Kier alpha value is -3.35. The van der Waals surface area contributed by atoms with Gasteiger partial charge in [-0.25, -0.2) is 9.97 Å². The molecular weight excluding hydrogens is 313 g/mol. The Morgan fingerprint density at radius 2 is 1.76 bits per heavy atom. The lowest BCUT2D eigenvalue weighted by Crippen LogP contribution is -2.08. The van der Waals surface area contributed by atoms with E-state index in [4.69, 9.17) is 18.5 Å². The summed E-state index contributed by atoms with van der Waals surface area (Å²) >= 11 is 0. The third kappa shape index (κ3) is 4.35. The molecule has 3 N–H and O–H groups in total. The van der Waals surface area contributed by atoms with Crippen molar-refractivity contribution >= 4 is 25.8 Å². The van der Waals surface area contributed by atoms with Gasteiger partial charge in [-0.15, -0.1) is 0 Å². The summed E-state index contributed by atoms with van der Waals surface area (Å²) in [6.07, 6.45) is 2.82. The van der Waals surface area contributed by atoms with E-state index in [1.54, 1.807) is 0 Å². The number of benzene rings is 2. The minimum absolute atomic E-state index is 0.318. The van der Waals surface area contributed by atoms with E-state index in [0.29, 0.717) is 23.7 Å². The molecule has 0 aliphatic heterocycles. The first kappa shape index (κ1) is 16.5. The molecule has 0 unspecified atom stereocenters. The number of hydrogen-bond donors (Lipinski definition) is 2. The quantitative estimate of drug-likeness (QED) is 0.536. The van der Waals surface area contributed by atoms with Crippen LogP contribution in [0.5, 0.6) is 11.5 Å². The van der Waals surface area contributed by atoms with Gasteiger partial charge in [0.05, 0.1) is 5.56 Å². The van der Waals surface area contributed by atoms with Gasteiger partial charge in [0.15, 0.2) is 0 Å². The predicted octanol–water partition coefficient (Wildman–Crippen LogP) is 2.97. The van der Waals surface area contributed by atoms with E-state index in [1.165, 1.54) is 12.5 Å². The third-order valence-electron chi connectivity index (χ3n) is 3.48. The Morgan fingerprint density at radius 3 is 2.48 bits per heavy atom. The lowest BCUT2D eigenvalue weighted by molar-refractivity contribution is 0.482. The summed E-state index contributed by atoms with van der Waals surface area (Å²) in [4.78, 5) is 11.6. The number of nitrogens with two attached hydrogens (primary N) is 1. The Balaban J connectivity index is 1.66. The molecule has 0 amide bonds. The highest BCUT2D eigenvalue weighted by Gasteiger charge is 2.06. The van der Waals surface area contributed by atoms with Crippen LogP contribution in [0.2, 0.25) is 0 Å². The number of aromatic nitrogens is 2. The molecule has 2 aromatic carbocycles. The van der Waals surface area contributed by atoms with E-state index in [9.17, 15) is 0 Å². The van der Waals surface area contributed by atoms with Crippen LogP contribution < -0.4 is 15.8 Å². The van der Waals surface area contributed by atoms with E-state index < -0.39 is 0 Å². The molecule has 0 bridgehead atoms. The standard InChI is InChI=1S/C18H16BN5O/c19-24-11-16-17(20)22-12-23-18(16)21-10-13-6-8-15(9-7-13)25-14-4-2-1-3-5-14/h1-9,11-12H,10H2,(H3,20,21,22,23). The van der Waals surface area contributed by atoms with Crippen LogP contribution in [0.4, 0.5) is 11.6 Å². The van der Waals surface area contributed by atoms with Gasteiger partial charge in [0.25, 0.3) is 7.98 Å². The minimum atomic E-state index is 0.318. The molecule has 2 radical (unpaired) electrons. The van der Waals surface area contributed by atoms with Crippen LogP contribution in [0.25, 0.3) is 0 Å². The lowest BCUT2D eigenvalue weighted by Gasteiger charge is -2.10. The zero-order valence-corrected chi connectivity index (χ0v) is 13.5. The summed E-state index contributed by atoms with van der Waals surface area (Å²) in [7, 11) is 5.20. The van der Waals surface area contributed by atoms with Crippen molar-refractivity contribution in [3.8, 4) is 11.5 Å². The van der Waals surface area contributed by atoms with E-state index >= 15 is 0 Å². The number of hydrogen-bond acceptors (Lipinski definition) is 6. The fourth-order valence-electron chi connectivity index (χ4n) is 2.24. The number of para-hydroxylation sites is 1. The second-order valence-electron chi connectivity index (χ2n) is 5.21. The SMILES string of the molecule is [B]N=Cc1c(N)ncnc1NCc1ccc(Oc2ccccc2)cc1. The molecule has 3 rings (SSSR count). The van der Waals surface area contributed by atoms with Crippen LogP contribution in [0.15, 0.2) is 65.8 Å². The van der Waals surface area contributed by atoms with Crippen molar-refractivity contribution in [2.24, 2.45) is 4.90 Å². The maximum Gasteiger partial charge on any atom is 0.259 e. The van der Waals surface area contributed by atoms with Crippen LogP contribution >= 0.6 is 0 Å². The van der Waals surface area contributed by atoms with Crippen LogP contribution in [-0.2, 0) is 6.54 Å². The molecule has 25 heavy (non-hydrogen) atoms. The Bertz CT molecular complexity index is 853. The van der Waals surface area contributed by atoms with E-state index in [-0.39, 0.29) is 0 Å². The maximum atomic E-state index is 5.82. The largest absolute Gasteiger partial charge is 0.457 e. The molecule has 0 saturated carbocycles. The van der Waals surface area contributed by atoms with Crippen molar-refractivity contribution < 1.29 is 4.74 Å². The summed E-state index contributed by atoms with van der Waals surface area (Å²) in [6, 6.07) is 17.4. The lowest BCUT2D eigenvalue weighted by atomic mass is 10.2. The maximum absolute atomic E-state index is 5.82. The number of anilines is 2. The highest BCUT2D eigenvalue weighted by atomic mass is 16.5. The zero-order valence-electron chi connectivity index (χ0n) is 13.5. The molecule has 6 nitrogen and oxygen atoms in total. The van der Waals surface area contributed by atoms with Crippen LogP contribution in [0, 0.1) is 0 Å². The van der Waals surface area contributed by atoms with Gasteiger partial charge in [-0.05, 0) is 29.8 Å². The predicted molar refractivity (Wildman–Crippen MR) is 100 cm³/mol. The number of nitrogen functional groups attached to an aromatic ring is 1. The zero-order chi connectivity index (χ0) is 17.5. The molecule has 1 heterocycles. The van der Waals surface area contributed by atoms with Gasteiger partial charge in [-0.2, -0.15) is 0 Å².